The molecule has 4 rings (SSSR count). The summed E-state index contributed by atoms with van der Waals surface area (Å²) in [7, 11) is 0. The number of hydrogen-bond donors (Lipinski definition) is 0. The molecular formula is C20H22N2O3. The first kappa shape index (κ1) is 15.9. The highest BCUT2D eigenvalue weighted by Gasteiger charge is 2.48. The zero-order valence-corrected chi connectivity index (χ0v) is 14.2. The minimum absolute atomic E-state index is 0.0257. The number of nitrogens with zero attached hydrogens (tertiary/aromatic N) is 2. The highest BCUT2D eigenvalue weighted by molar-refractivity contribution is 5.94. The molecular weight excluding hydrogens is 316 g/mol. The largest absolute Gasteiger partial charge is 0.472 e. The zero-order chi connectivity index (χ0) is 17.3. The molecule has 1 aromatic carbocycles. The quantitative estimate of drug-likeness (QED) is 0.865. The average Bonchev–Trinajstić information content (AvgIpc) is 3.16. The van der Waals surface area contributed by atoms with Crippen molar-refractivity contribution in [3.63, 3.8) is 0 Å². The fraction of sp³-hybridized carbons (Fsp3) is 0.400. The number of piperazine rings is 1. The lowest BCUT2D eigenvalue weighted by Crippen LogP contribution is -2.57. The molecule has 2 aliphatic rings. The number of amides is 2. The lowest BCUT2D eigenvalue weighted by atomic mass is 9.63. The topological polar surface area (TPSA) is 53.8 Å². The molecule has 1 aliphatic heterocycles. The molecule has 0 bridgehead atoms. The van der Waals surface area contributed by atoms with E-state index in [1.54, 1.807) is 11.0 Å². The summed E-state index contributed by atoms with van der Waals surface area (Å²) in [6.45, 7) is 2.33. The molecule has 2 heterocycles. The number of carbonyl (C=O) groups excluding carboxylic acids is 2. The van der Waals surface area contributed by atoms with Crippen LogP contribution in [0.2, 0.25) is 0 Å². The van der Waals surface area contributed by atoms with Crippen molar-refractivity contribution in [1.82, 2.24) is 9.80 Å². The molecule has 1 saturated carbocycles. The maximum atomic E-state index is 13.2. The van der Waals surface area contributed by atoms with E-state index in [-0.39, 0.29) is 17.2 Å². The maximum absolute atomic E-state index is 13.2. The van der Waals surface area contributed by atoms with E-state index >= 15 is 0 Å². The SMILES string of the molecule is O=C(c1ccoc1)N1CCN(C(=O)C2(c3ccccc3)CCC2)CC1. The summed E-state index contributed by atoms with van der Waals surface area (Å²) in [5, 5.41) is 0. The molecule has 0 atom stereocenters. The summed E-state index contributed by atoms with van der Waals surface area (Å²) in [6, 6.07) is 11.8. The van der Waals surface area contributed by atoms with Gasteiger partial charge in [-0.05, 0) is 24.5 Å². The van der Waals surface area contributed by atoms with Crippen molar-refractivity contribution in [1.29, 1.82) is 0 Å². The first-order chi connectivity index (χ1) is 12.2. The van der Waals surface area contributed by atoms with Gasteiger partial charge in [0.25, 0.3) is 5.91 Å². The fourth-order valence-electron chi connectivity index (χ4n) is 3.90. The maximum Gasteiger partial charge on any atom is 0.257 e. The van der Waals surface area contributed by atoms with Gasteiger partial charge < -0.3 is 14.2 Å². The molecule has 0 radical (unpaired) electrons. The Kier molecular flexibility index (Phi) is 4.07. The van der Waals surface area contributed by atoms with Crippen molar-refractivity contribution in [2.24, 2.45) is 0 Å². The first-order valence-electron chi connectivity index (χ1n) is 8.87. The van der Waals surface area contributed by atoms with Crippen molar-refractivity contribution >= 4 is 11.8 Å². The molecule has 5 nitrogen and oxygen atoms in total. The van der Waals surface area contributed by atoms with Crippen LogP contribution in [0.1, 0.15) is 35.2 Å². The van der Waals surface area contributed by atoms with Gasteiger partial charge in [-0.2, -0.15) is 0 Å². The summed E-state index contributed by atoms with van der Waals surface area (Å²) >= 11 is 0. The third kappa shape index (κ3) is 2.73. The van der Waals surface area contributed by atoms with Crippen LogP contribution in [-0.2, 0) is 10.2 Å². The molecule has 130 valence electrons. The minimum atomic E-state index is -0.349. The molecule has 0 spiro atoms. The third-order valence-corrected chi connectivity index (χ3v) is 5.57. The number of rotatable bonds is 3. The molecule has 2 aromatic rings. The highest BCUT2D eigenvalue weighted by atomic mass is 16.3. The highest BCUT2D eigenvalue weighted by Crippen LogP contribution is 2.45. The molecule has 0 unspecified atom stereocenters. The van der Waals surface area contributed by atoms with Gasteiger partial charge in [0, 0.05) is 26.2 Å². The van der Waals surface area contributed by atoms with Crippen LogP contribution in [0.4, 0.5) is 0 Å². The van der Waals surface area contributed by atoms with Crippen LogP contribution >= 0.6 is 0 Å². The predicted molar refractivity (Wildman–Crippen MR) is 93.2 cm³/mol. The lowest BCUT2D eigenvalue weighted by Gasteiger charge is -2.46. The number of benzene rings is 1. The van der Waals surface area contributed by atoms with Crippen LogP contribution in [0.3, 0.4) is 0 Å². The predicted octanol–water partition coefficient (Wildman–Crippen LogP) is 2.69. The lowest BCUT2D eigenvalue weighted by molar-refractivity contribution is -0.142. The normalized spacial score (nSPS) is 19.4. The van der Waals surface area contributed by atoms with Gasteiger partial charge in [0.2, 0.25) is 5.91 Å². The first-order valence-corrected chi connectivity index (χ1v) is 8.87. The molecule has 25 heavy (non-hydrogen) atoms. The standard InChI is InChI=1S/C20H22N2O3/c23-18(16-7-14-25-15-16)21-10-12-22(13-11-21)19(24)20(8-4-9-20)17-5-2-1-3-6-17/h1-3,5-7,14-15H,4,8-13H2. The van der Waals surface area contributed by atoms with E-state index in [0.29, 0.717) is 31.7 Å². The second-order valence-electron chi connectivity index (χ2n) is 6.90. The summed E-state index contributed by atoms with van der Waals surface area (Å²) in [5.74, 6) is 0.197. The van der Waals surface area contributed by atoms with Crippen molar-refractivity contribution in [2.75, 3.05) is 26.2 Å². The van der Waals surface area contributed by atoms with E-state index in [1.165, 1.54) is 12.5 Å². The van der Waals surface area contributed by atoms with E-state index in [1.807, 2.05) is 23.1 Å². The van der Waals surface area contributed by atoms with Gasteiger partial charge in [-0.1, -0.05) is 36.8 Å². The zero-order valence-electron chi connectivity index (χ0n) is 14.2. The molecule has 1 aromatic heterocycles. The van der Waals surface area contributed by atoms with Gasteiger partial charge >= 0.3 is 0 Å². The monoisotopic (exact) mass is 338 g/mol. The fourth-order valence-corrected chi connectivity index (χ4v) is 3.90. The number of carbonyl (C=O) groups is 2. The van der Waals surface area contributed by atoms with Crippen molar-refractivity contribution < 1.29 is 14.0 Å². The van der Waals surface area contributed by atoms with Crippen LogP contribution < -0.4 is 0 Å². The van der Waals surface area contributed by atoms with Crippen molar-refractivity contribution in [3.8, 4) is 0 Å². The van der Waals surface area contributed by atoms with E-state index in [4.69, 9.17) is 4.42 Å². The molecule has 5 heteroatoms. The Hall–Kier alpha value is -2.56. The second-order valence-corrected chi connectivity index (χ2v) is 6.90. The Bertz CT molecular complexity index is 743. The molecule has 0 N–H and O–H groups in total. The summed E-state index contributed by atoms with van der Waals surface area (Å²) in [5.41, 5.74) is 1.35. The average molecular weight is 338 g/mol. The van der Waals surface area contributed by atoms with Gasteiger partial charge in [-0.15, -0.1) is 0 Å². The third-order valence-electron chi connectivity index (χ3n) is 5.57. The Balaban J connectivity index is 1.44. The van der Waals surface area contributed by atoms with Crippen LogP contribution in [0, 0.1) is 0 Å². The van der Waals surface area contributed by atoms with Crippen LogP contribution in [0.25, 0.3) is 0 Å². The Morgan fingerprint density at radius 2 is 1.60 bits per heavy atom. The molecule has 1 aliphatic carbocycles. The van der Waals surface area contributed by atoms with Crippen LogP contribution in [0.5, 0.6) is 0 Å². The van der Waals surface area contributed by atoms with Gasteiger partial charge in [-0.25, -0.2) is 0 Å². The number of furan rings is 1. The van der Waals surface area contributed by atoms with Crippen molar-refractivity contribution in [2.45, 2.75) is 24.7 Å². The number of hydrogen-bond acceptors (Lipinski definition) is 3. The Labute approximate surface area is 147 Å². The summed E-state index contributed by atoms with van der Waals surface area (Å²) < 4.78 is 4.99. The van der Waals surface area contributed by atoms with Gasteiger partial charge in [0.15, 0.2) is 0 Å². The van der Waals surface area contributed by atoms with Gasteiger partial charge in [0.05, 0.1) is 17.2 Å². The van der Waals surface area contributed by atoms with Gasteiger partial charge in [-0.3, -0.25) is 9.59 Å². The van der Waals surface area contributed by atoms with E-state index in [9.17, 15) is 9.59 Å². The smallest absolute Gasteiger partial charge is 0.257 e. The van der Waals surface area contributed by atoms with Crippen LogP contribution in [0.15, 0.2) is 53.3 Å². The summed E-state index contributed by atoms with van der Waals surface area (Å²) in [6.07, 6.45) is 5.92. The molecule has 2 fully saturated rings. The van der Waals surface area contributed by atoms with Gasteiger partial charge in [0.1, 0.15) is 6.26 Å². The van der Waals surface area contributed by atoms with Crippen LogP contribution in [-0.4, -0.2) is 47.8 Å². The minimum Gasteiger partial charge on any atom is -0.472 e. The van der Waals surface area contributed by atoms with E-state index < -0.39 is 0 Å². The Morgan fingerprint density at radius 1 is 0.920 bits per heavy atom. The molecule has 1 saturated heterocycles. The van der Waals surface area contributed by atoms with Crippen molar-refractivity contribution in [3.05, 3.63) is 60.1 Å². The Morgan fingerprint density at radius 3 is 2.16 bits per heavy atom. The second kappa shape index (κ2) is 6.39. The summed E-state index contributed by atoms with van der Waals surface area (Å²) in [4.78, 5) is 29.3. The van der Waals surface area contributed by atoms with E-state index in [0.717, 1.165) is 24.8 Å². The molecule has 2 amide bonds. The van der Waals surface area contributed by atoms with E-state index in [2.05, 4.69) is 12.1 Å².